The van der Waals surface area contributed by atoms with Crippen molar-refractivity contribution in [2.24, 2.45) is 5.10 Å². The molecule has 0 unspecified atom stereocenters. The number of amides is 1. The van der Waals surface area contributed by atoms with E-state index in [1.54, 1.807) is 6.21 Å². The van der Waals surface area contributed by atoms with Gasteiger partial charge in [0.15, 0.2) is 6.61 Å². The highest BCUT2D eigenvalue weighted by Crippen LogP contribution is 2.30. The molecule has 0 aliphatic rings. The maximum absolute atomic E-state index is 12.0. The quantitative estimate of drug-likeness (QED) is 0.362. The van der Waals surface area contributed by atoms with E-state index in [0.717, 1.165) is 21.2 Å². The Labute approximate surface area is 186 Å². The molecule has 1 amide bonds. The number of nitrogens with one attached hydrogen (secondary N) is 1. The van der Waals surface area contributed by atoms with Crippen molar-refractivity contribution >= 4 is 28.1 Å². The highest BCUT2D eigenvalue weighted by atomic mass is 79.9. The van der Waals surface area contributed by atoms with Crippen molar-refractivity contribution in [2.45, 2.75) is 26.2 Å². The molecule has 0 fully saturated rings. The Morgan fingerprint density at radius 3 is 2.33 bits per heavy atom. The largest absolute Gasteiger partial charge is 0.483 e. The smallest absolute Gasteiger partial charge is 0.277 e. The lowest BCUT2D eigenvalue weighted by molar-refractivity contribution is -0.123. The van der Waals surface area contributed by atoms with Gasteiger partial charge in [-0.15, -0.1) is 0 Å². The van der Waals surface area contributed by atoms with Crippen LogP contribution in [0.25, 0.3) is 11.1 Å². The summed E-state index contributed by atoms with van der Waals surface area (Å²) in [6.07, 6.45) is 1.62. The summed E-state index contributed by atoms with van der Waals surface area (Å²) in [5.41, 5.74) is 6.96. The van der Waals surface area contributed by atoms with Gasteiger partial charge in [0.1, 0.15) is 5.75 Å². The Kier molecular flexibility index (Phi) is 7.06. The SMILES string of the molecule is CC(C)(C)c1ccc(/C=N/NC(=O)COc2ccc(-c3ccccc3)cc2Br)cc1. The Hall–Kier alpha value is -2.92. The van der Waals surface area contributed by atoms with E-state index in [1.807, 2.05) is 60.7 Å². The molecule has 154 valence electrons. The first-order valence-corrected chi connectivity index (χ1v) is 10.5. The van der Waals surface area contributed by atoms with E-state index in [-0.39, 0.29) is 17.9 Å². The summed E-state index contributed by atoms with van der Waals surface area (Å²) in [5.74, 6) is 0.281. The number of ether oxygens (including phenoxy) is 1. The number of halogens is 1. The molecular weight excluding hydrogens is 440 g/mol. The van der Waals surface area contributed by atoms with Gasteiger partial charge < -0.3 is 4.74 Å². The number of nitrogens with zero attached hydrogens (tertiary/aromatic N) is 1. The van der Waals surface area contributed by atoms with Gasteiger partial charge in [0, 0.05) is 0 Å². The molecule has 0 radical (unpaired) electrons. The molecule has 30 heavy (non-hydrogen) atoms. The van der Waals surface area contributed by atoms with E-state index < -0.39 is 0 Å². The van der Waals surface area contributed by atoms with Crippen LogP contribution in [-0.4, -0.2) is 18.7 Å². The highest BCUT2D eigenvalue weighted by Gasteiger charge is 2.12. The summed E-state index contributed by atoms with van der Waals surface area (Å²) >= 11 is 3.51. The summed E-state index contributed by atoms with van der Waals surface area (Å²) in [5, 5.41) is 4.01. The molecule has 0 saturated heterocycles. The first-order valence-electron chi connectivity index (χ1n) is 9.73. The minimum Gasteiger partial charge on any atom is -0.483 e. The van der Waals surface area contributed by atoms with Crippen LogP contribution in [0, 0.1) is 0 Å². The van der Waals surface area contributed by atoms with Crippen molar-refractivity contribution < 1.29 is 9.53 Å². The summed E-state index contributed by atoms with van der Waals surface area (Å²) < 4.78 is 6.40. The van der Waals surface area contributed by atoms with Crippen LogP contribution in [0.3, 0.4) is 0 Å². The molecule has 4 nitrogen and oxygen atoms in total. The fraction of sp³-hybridized carbons (Fsp3) is 0.200. The third-order valence-electron chi connectivity index (χ3n) is 4.58. The number of carbonyl (C=O) groups is 1. The van der Waals surface area contributed by atoms with E-state index in [1.165, 1.54) is 5.56 Å². The standard InChI is InChI=1S/C25H25BrN2O2/c1-25(2,3)21-12-9-18(10-13-21)16-27-28-24(29)17-30-23-14-11-20(15-22(23)26)19-7-5-4-6-8-19/h4-16H,17H2,1-3H3,(H,28,29)/b27-16+. The molecule has 0 aliphatic heterocycles. The Balaban J connectivity index is 1.51. The van der Waals surface area contributed by atoms with Gasteiger partial charge >= 0.3 is 0 Å². The van der Waals surface area contributed by atoms with E-state index in [4.69, 9.17) is 4.74 Å². The average molecular weight is 465 g/mol. The molecule has 3 rings (SSSR count). The van der Waals surface area contributed by atoms with E-state index >= 15 is 0 Å². The molecule has 3 aromatic carbocycles. The van der Waals surface area contributed by atoms with Gasteiger partial charge in [-0.3, -0.25) is 4.79 Å². The predicted molar refractivity (Wildman–Crippen MR) is 126 cm³/mol. The number of hydrogen-bond acceptors (Lipinski definition) is 3. The highest BCUT2D eigenvalue weighted by molar-refractivity contribution is 9.10. The number of rotatable bonds is 6. The summed E-state index contributed by atoms with van der Waals surface area (Å²) in [7, 11) is 0. The Bertz CT molecular complexity index is 1020. The van der Waals surface area contributed by atoms with Gasteiger partial charge in [0.25, 0.3) is 5.91 Å². The predicted octanol–water partition coefficient (Wildman–Crippen LogP) is 5.94. The van der Waals surface area contributed by atoms with Crippen LogP contribution in [0.4, 0.5) is 0 Å². The molecule has 1 N–H and O–H groups in total. The molecule has 0 bridgehead atoms. The topological polar surface area (TPSA) is 50.7 Å². The zero-order valence-electron chi connectivity index (χ0n) is 17.4. The molecule has 0 atom stereocenters. The average Bonchev–Trinajstić information content (AvgIpc) is 2.73. The Morgan fingerprint density at radius 2 is 1.70 bits per heavy atom. The zero-order valence-corrected chi connectivity index (χ0v) is 18.9. The summed E-state index contributed by atoms with van der Waals surface area (Å²) in [6, 6.07) is 24.0. The molecule has 5 heteroatoms. The van der Waals surface area contributed by atoms with Crippen LogP contribution < -0.4 is 10.2 Å². The normalized spacial score (nSPS) is 11.5. The van der Waals surface area contributed by atoms with Crippen molar-refractivity contribution in [1.29, 1.82) is 0 Å². The maximum Gasteiger partial charge on any atom is 0.277 e. The van der Waals surface area contributed by atoms with Crippen molar-refractivity contribution in [3.63, 3.8) is 0 Å². The lowest BCUT2D eigenvalue weighted by atomic mass is 9.87. The molecule has 0 heterocycles. The monoisotopic (exact) mass is 464 g/mol. The minimum atomic E-state index is -0.323. The van der Waals surface area contributed by atoms with Crippen LogP contribution in [0.5, 0.6) is 5.75 Å². The lowest BCUT2D eigenvalue weighted by Crippen LogP contribution is -2.24. The van der Waals surface area contributed by atoms with Crippen LogP contribution in [-0.2, 0) is 10.2 Å². The van der Waals surface area contributed by atoms with E-state index in [0.29, 0.717) is 5.75 Å². The minimum absolute atomic E-state index is 0.106. The molecule has 0 aromatic heterocycles. The van der Waals surface area contributed by atoms with E-state index in [2.05, 4.69) is 59.4 Å². The van der Waals surface area contributed by atoms with Gasteiger partial charge in [-0.2, -0.15) is 5.10 Å². The number of carbonyl (C=O) groups excluding carboxylic acids is 1. The lowest BCUT2D eigenvalue weighted by Gasteiger charge is -2.18. The second-order valence-electron chi connectivity index (χ2n) is 7.97. The van der Waals surface area contributed by atoms with Gasteiger partial charge in [-0.25, -0.2) is 5.43 Å². The molecule has 0 spiro atoms. The first-order chi connectivity index (χ1) is 14.3. The zero-order chi connectivity index (χ0) is 21.6. The molecule has 0 saturated carbocycles. The third kappa shape index (κ3) is 6.04. The van der Waals surface area contributed by atoms with Crippen molar-refractivity contribution in [3.05, 3.63) is 88.4 Å². The number of benzene rings is 3. The molecular formula is C25H25BrN2O2. The summed E-state index contributed by atoms with van der Waals surface area (Å²) in [6.45, 7) is 6.39. The Morgan fingerprint density at radius 1 is 1.00 bits per heavy atom. The van der Waals surface area contributed by atoms with Crippen molar-refractivity contribution in [3.8, 4) is 16.9 Å². The van der Waals surface area contributed by atoms with Crippen LogP contribution in [0.15, 0.2) is 82.4 Å². The molecule has 0 aliphatic carbocycles. The van der Waals surface area contributed by atoms with Crippen molar-refractivity contribution in [1.82, 2.24) is 5.43 Å². The van der Waals surface area contributed by atoms with Gasteiger partial charge in [-0.05, 0) is 55.7 Å². The maximum atomic E-state index is 12.0. The van der Waals surface area contributed by atoms with Crippen LogP contribution in [0.1, 0.15) is 31.9 Å². The first kappa shape index (κ1) is 21.8. The second kappa shape index (κ2) is 9.72. The van der Waals surface area contributed by atoms with E-state index in [9.17, 15) is 4.79 Å². The number of hydrazone groups is 1. The van der Waals surface area contributed by atoms with Crippen molar-refractivity contribution in [2.75, 3.05) is 6.61 Å². The molecule has 3 aromatic rings. The fourth-order valence-electron chi connectivity index (χ4n) is 2.85. The van der Waals surface area contributed by atoms with Gasteiger partial charge in [0.05, 0.1) is 10.7 Å². The number of hydrogen-bond donors (Lipinski definition) is 1. The van der Waals surface area contributed by atoms with Crippen LogP contribution in [0.2, 0.25) is 0 Å². The van der Waals surface area contributed by atoms with Gasteiger partial charge in [0.2, 0.25) is 0 Å². The van der Waals surface area contributed by atoms with Gasteiger partial charge in [-0.1, -0.05) is 81.4 Å². The van der Waals surface area contributed by atoms with Crippen LogP contribution >= 0.6 is 15.9 Å². The summed E-state index contributed by atoms with van der Waals surface area (Å²) in [4.78, 5) is 12.0. The fourth-order valence-corrected chi connectivity index (χ4v) is 3.34. The third-order valence-corrected chi connectivity index (χ3v) is 5.20. The second-order valence-corrected chi connectivity index (χ2v) is 8.82.